The summed E-state index contributed by atoms with van der Waals surface area (Å²) >= 11 is 2.25. The number of hydrogen-bond acceptors (Lipinski definition) is 3. The largest absolute Gasteiger partial charge is 0.368 e. The Labute approximate surface area is 116 Å². The Hall–Kier alpha value is -0.0700. The van der Waals surface area contributed by atoms with Gasteiger partial charge in [0.05, 0.1) is 0 Å². The summed E-state index contributed by atoms with van der Waals surface area (Å²) in [4.78, 5) is 4.30. The lowest BCUT2D eigenvalue weighted by atomic mass is 9.99. The summed E-state index contributed by atoms with van der Waals surface area (Å²) < 4.78 is 1.15. The summed E-state index contributed by atoms with van der Waals surface area (Å²) in [7, 11) is 0. The van der Waals surface area contributed by atoms with E-state index in [0.29, 0.717) is 0 Å². The van der Waals surface area contributed by atoms with Crippen LogP contribution in [0.25, 0.3) is 0 Å². The predicted molar refractivity (Wildman–Crippen MR) is 78.1 cm³/mol. The van der Waals surface area contributed by atoms with Crippen LogP contribution in [0, 0.1) is 3.57 Å². The van der Waals surface area contributed by atoms with Crippen LogP contribution in [0.2, 0.25) is 0 Å². The zero-order valence-corrected chi connectivity index (χ0v) is 12.1. The second kappa shape index (κ2) is 6.02. The fourth-order valence-corrected chi connectivity index (χ4v) is 2.32. The fourth-order valence-electron chi connectivity index (χ4n) is 2.00. The quantitative estimate of drug-likeness (QED) is 0.822. The molecule has 1 saturated carbocycles. The molecule has 1 fully saturated rings. The van der Waals surface area contributed by atoms with E-state index in [2.05, 4.69) is 32.9 Å². The minimum Gasteiger partial charge on any atom is -0.368 e. The third-order valence-electron chi connectivity index (χ3n) is 2.95. The SMILES string of the molecule is Cl.NC1(CNc2ccc(I)cn2)CCCC1. The molecule has 1 aliphatic rings. The summed E-state index contributed by atoms with van der Waals surface area (Å²) in [6.07, 6.45) is 6.64. The van der Waals surface area contributed by atoms with Gasteiger partial charge in [0, 0.05) is 21.9 Å². The Morgan fingerprint density at radius 3 is 2.62 bits per heavy atom. The Kier molecular flexibility index (Phi) is 5.27. The number of nitrogens with two attached hydrogens (primary N) is 1. The van der Waals surface area contributed by atoms with Gasteiger partial charge in [-0.25, -0.2) is 4.98 Å². The summed E-state index contributed by atoms with van der Waals surface area (Å²) in [6, 6.07) is 4.05. The molecule has 0 saturated heterocycles. The van der Waals surface area contributed by atoms with E-state index in [4.69, 9.17) is 5.73 Å². The molecule has 16 heavy (non-hydrogen) atoms. The molecule has 0 spiro atoms. The van der Waals surface area contributed by atoms with Crippen LogP contribution < -0.4 is 11.1 Å². The molecule has 0 aliphatic heterocycles. The van der Waals surface area contributed by atoms with Crippen LogP contribution in [-0.2, 0) is 0 Å². The van der Waals surface area contributed by atoms with Crippen LogP contribution >= 0.6 is 35.0 Å². The highest BCUT2D eigenvalue weighted by atomic mass is 127. The van der Waals surface area contributed by atoms with Gasteiger partial charge in [-0.2, -0.15) is 0 Å². The summed E-state index contributed by atoms with van der Waals surface area (Å²) in [5.74, 6) is 0.923. The molecule has 0 aromatic carbocycles. The highest BCUT2D eigenvalue weighted by Crippen LogP contribution is 2.27. The standard InChI is InChI=1S/C11H16IN3.ClH/c12-9-3-4-10(14-7-9)15-8-11(13)5-1-2-6-11;/h3-4,7H,1-2,5-6,8,13H2,(H,14,15);1H. The van der Waals surface area contributed by atoms with E-state index in [-0.39, 0.29) is 17.9 Å². The van der Waals surface area contributed by atoms with E-state index in [1.807, 2.05) is 18.3 Å². The van der Waals surface area contributed by atoms with Gasteiger partial charge >= 0.3 is 0 Å². The first kappa shape index (κ1) is 14.0. The maximum Gasteiger partial charge on any atom is 0.126 e. The van der Waals surface area contributed by atoms with E-state index in [9.17, 15) is 0 Å². The Morgan fingerprint density at radius 1 is 1.38 bits per heavy atom. The zero-order chi connectivity index (χ0) is 10.7. The highest BCUT2D eigenvalue weighted by Gasteiger charge is 2.28. The topological polar surface area (TPSA) is 50.9 Å². The van der Waals surface area contributed by atoms with Gasteiger partial charge in [-0.15, -0.1) is 12.4 Å². The molecule has 3 nitrogen and oxygen atoms in total. The van der Waals surface area contributed by atoms with Crippen molar-refractivity contribution in [2.75, 3.05) is 11.9 Å². The second-order valence-corrected chi connectivity index (χ2v) is 5.53. The fraction of sp³-hybridized carbons (Fsp3) is 0.545. The Bertz CT molecular complexity index is 323. The van der Waals surface area contributed by atoms with Crippen molar-refractivity contribution in [1.29, 1.82) is 0 Å². The van der Waals surface area contributed by atoms with Gasteiger partial charge < -0.3 is 11.1 Å². The molecule has 1 aliphatic carbocycles. The number of halogens is 2. The van der Waals surface area contributed by atoms with Crippen LogP contribution in [0.3, 0.4) is 0 Å². The van der Waals surface area contributed by atoms with Crippen LogP contribution in [0.1, 0.15) is 25.7 Å². The molecule has 5 heteroatoms. The number of nitrogens with zero attached hydrogens (tertiary/aromatic N) is 1. The van der Waals surface area contributed by atoms with Gasteiger partial charge in [-0.3, -0.25) is 0 Å². The van der Waals surface area contributed by atoms with Gasteiger partial charge in [-0.1, -0.05) is 12.8 Å². The van der Waals surface area contributed by atoms with Crippen LogP contribution in [-0.4, -0.2) is 17.1 Å². The van der Waals surface area contributed by atoms with Gasteiger partial charge in [0.15, 0.2) is 0 Å². The third-order valence-corrected chi connectivity index (χ3v) is 3.59. The first-order valence-corrected chi connectivity index (χ1v) is 6.40. The minimum absolute atomic E-state index is 0. The molecule has 1 heterocycles. The van der Waals surface area contributed by atoms with Crippen molar-refractivity contribution in [1.82, 2.24) is 4.98 Å². The molecule has 0 amide bonds. The third kappa shape index (κ3) is 3.75. The molecular formula is C11H17ClIN3. The van der Waals surface area contributed by atoms with E-state index >= 15 is 0 Å². The molecular weight excluding hydrogens is 336 g/mol. The first-order chi connectivity index (χ1) is 7.18. The zero-order valence-electron chi connectivity index (χ0n) is 9.08. The van der Waals surface area contributed by atoms with Crippen LogP contribution in [0.15, 0.2) is 18.3 Å². The summed E-state index contributed by atoms with van der Waals surface area (Å²) in [5.41, 5.74) is 6.24. The van der Waals surface area contributed by atoms with Crippen molar-refractivity contribution in [2.45, 2.75) is 31.2 Å². The average molecular weight is 354 g/mol. The minimum atomic E-state index is -0.00925. The maximum atomic E-state index is 6.25. The molecule has 90 valence electrons. The van der Waals surface area contributed by atoms with Crippen molar-refractivity contribution >= 4 is 40.8 Å². The Morgan fingerprint density at radius 2 is 2.06 bits per heavy atom. The number of nitrogens with one attached hydrogen (secondary N) is 1. The molecule has 1 aromatic heterocycles. The number of rotatable bonds is 3. The number of anilines is 1. The predicted octanol–water partition coefficient (Wildman–Crippen LogP) is 2.79. The van der Waals surface area contributed by atoms with Gasteiger partial charge in [0.1, 0.15) is 5.82 Å². The molecule has 0 bridgehead atoms. The molecule has 2 rings (SSSR count). The first-order valence-electron chi connectivity index (χ1n) is 5.32. The number of aromatic nitrogens is 1. The maximum absolute atomic E-state index is 6.25. The van der Waals surface area contributed by atoms with Crippen molar-refractivity contribution < 1.29 is 0 Å². The van der Waals surface area contributed by atoms with Crippen molar-refractivity contribution in [3.05, 3.63) is 21.9 Å². The normalized spacial score (nSPS) is 17.9. The van der Waals surface area contributed by atoms with Crippen LogP contribution in [0.5, 0.6) is 0 Å². The molecule has 0 atom stereocenters. The molecule has 0 radical (unpaired) electrons. The Balaban J connectivity index is 0.00000128. The lowest BCUT2D eigenvalue weighted by Crippen LogP contribution is -2.43. The highest BCUT2D eigenvalue weighted by molar-refractivity contribution is 14.1. The van der Waals surface area contributed by atoms with Gasteiger partial charge in [0.25, 0.3) is 0 Å². The molecule has 0 unspecified atom stereocenters. The average Bonchev–Trinajstić information content (AvgIpc) is 2.65. The summed E-state index contributed by atoms with van der Waals surface area (Å²) in [5, 5.41) is 3.31. The van der Waals surface area contributed by atoms with Crippen molar-refractivity contribution in [3.63, 3.8) is 0 Å². The van der Waals surface area contributed by atoms with E-state index in [1.165, 1.54) is 12.8 Å². The van der Waals surface area contributed by atoms with E-state index < -0.39 is 0 Å². The summed E-state index contributed by atoms with van der Waals surface area (Å²) in [6.45, 7) is 0.834. The molecule has 1 aromatic rings. The lowest BCUT2D eigenvalue weighted by Gasteiger charge is -2.23. The van der Waals surface area contributed by atoms with E-state index in [1.54, 1.807) is 0 Å². The second-order valence-electron chi connectivity index (χ2n) is 4.28. The van der Waals surface area contributed by atoms with Crippen LogP contribution in [0.4, 0.5) is 5.82 Å². The molecule has 3 N–H and O–H groups in total. The number of pyridine rings is 1. The lowest BCUT2D eigenvalue weighted by molar-refractivity contribution is 0.463. The number of hydrogen-bond donors (Lipinski definition) is 2. The van der Waals surface area contributed by atoms with Gasteiger partial charge in [0.2, 0.25) is 0 Å². The monoisotopic (exact) mass is 353 g/mol. The van der Waals surface area contributed by atoms with Gasteiger partial charge in [-0.05, 0) is 47.6 Å². The van der Waals surface area contributed by atoms with E-state index in [0.717, 1.165) is 28.8 Å². The van der Waals surface area contributed by atoms with Crippen molar-refractivity contribution in [3.8, 4) is 0 Å². The smallest absolute Gasteiger partial charge is 0.126 e. The van der Waals surface area contributed by atoms with Crippen molar-refractivity contribution in [2.24, 2.45) is 5.73 Å².